The van der Waals surface area contributed by atoms with E-state index in [4.69, 9.17) is 9.73 Å². The third-order valence-electron chi connectivity index (χ3n) is 6.67. The van der Waals surface area contributed by atoms with Crippen LogP contribution in [0.1, 0.15) is 63.5 Å². The van der Waals surface area contributed by atoms with Crippen LogP contribution in [0.2, 0.25) is 0 Å². The molecule has 1 aliphatic heterocycles. The Morgan fingerprint density at radius 3 is 2.72 bits per heavy atom. The zero-order valence-electron chi connectivity index (χ0n) is 19.9. The van der Waals surface area contributed by atoms with Crippen LogP contribution in [0.3, 0.4) is 0 Å². The minimum Gasteiger partial charge on any atom is -0.396 e. The predicted octanol–water partition coefficient (Wildman–Crippen LogP) is 3.91. The number of guanidine groups is 1. The van der Waals surface area contributed by atoms with Gasteiger partial charge in [-0.3, -0.25) is 4.90 Å². The topological polar surface area (TPSA) is 69.1 Å². The third-order valence-corrected chi connectivity index (χ3v) is 6.67. The summed E-state index contributed by atoms with van der Waals surface area (Å²) >= 11 is 0. The highest BCUT2D eigenvalue weighted by Gasteiger charge is 2.31. The van der Waals surface area contributed by atoms with Crippen molar-refractivity contribution < 1.29 is 9.84 Å². The maximum absolute atomic E-state index is 9.58. The van der Waals surface area contributed by atoms with Gasteiger partial charge >= 0.3 is 0 Å². The van der Waals surface area contributed by atoms with E-state index >= 15 is 0 Å². The quantitative estimate of drug-likeness (QED) is 0.244. The second kappa shape index (κ2) is 14.4. The Labute approximate surface area is 211 Å². The van der Waals surface area contributed by atoms with Crippen molar-refractivity contribution in [2.75, 3.05) is 39.4 Å². The van der Waals surface area contributed by atoms with E-state index in [1.165, 1.54) is 43.2 Å². The van der Waals surface area contributed by atoms with Crippen molar-refractivity contribution in [2.45, 2.75) is 71.6 Å². The average Bonchev–Trinajstić information content (AvgIpc) is 2.77. The number of morpholine rings is 1. The molecule has 1 unspecified atom stereocenters. The molecule has 3 rings (SSSR count). The molecule has 0 radical (unpaired) electrons. The van der Waals surface area contributed by atoms with Crippen LogP contribution in [0.5, 0.6) is 0 Å². The Kier molecular flexibility index (Phi) is 12.3. The molecule has 182 valence electrons. The van der Waals surface area contributed by atoms with Crippen molar-refractivity contribution in [3.63, 3.8) is 0 Å². The van der Waals surface area contributed by atoms with Crippen LogP contribution in [0.4, 0.5) is 0 Å². The Hall–Kier alpha value is -0.900. The van der Waals surface area contributed by atoms with Crippen molar-refractivity contribution in [3.05, 3.63) is 35.4 Å². The van der Waals surface area contributed by atoms with Gasteiger partial charge in [0.25, 0.3) is 0 Å². The van der Waals surface area contributed by atoms with Crippen LogP contribution in [0.25, 0.3) is 0 Å². The lowest BCUT2D eigenvalue weighted by atomic mass is 9.72. The molecule has 0 bridgehead atoms. The van der Waals surface area contributed by atoms with E-state index in [1.807, 2.05) is 0 Å². The molecule has 2 aliphatic rings. The molecule has 1 aromatic rings. The van der Waals surface area contributed by atoms with E-state index in [2.05, 4.69) is 53.6 Å². The molecule has 1 aliphatic carbocycles. The van der Waals surface area contributed by atoms with Crippen LogP contribution in [-0.2, 0) is 17.8 Å². The lowest BCUT2D eigenvalue weighted by Gasteiger charge is -2.37. The van der Waals surface area contributed by atoms with Crippen LogP contribution >= 0.6 is 24.0 Å². The fraction of sp³-hybridized carbons (Fsp3) is 0.720. The molecule has 1 aromatic carbocycles. The van der Waals surface area contributed by atoms with Crippen molar-refractivity contribution in [1.82, 2.24) is 15.5 Å². The van der Waals surface area contributed by atoms with Gasteiger partial charge in [0.2, 0.25) is 0 Å². The summed E-state index contributed by atoms with van der Waals surface area (Å²) in [6, 6.07) is 8.79. The largest absolute Gasteiger partial charge is 0.396 e. The zero-order chi connectivity index (χ0) is 21.9. The third kappa shape index (κ3) is 8.80. The van der Waals surface area contributed by atoms with E-state index in [0.717, 1.165) is 51.7 Å². The first-order valence-corrected chi connectivity index (χ1v) is 12.2. The zero-order valence-corrected chi connectivity index (χ0v) is 22.3. The fourth-order valence-corrected chi connectivity index (χ4v) is 4.96. The van der Waals surface area contributed by atoms with Gasteiger partial charge in [0.05, 0.1) is 19.3 Å². The average molecular weight is 559 g/mol. The van der Waals surface area contributed by atoms with Gasteiger partial charge in [-0.05, 0) is 49.7 Å². The van der Waals surface area contributed by atoms with Gasteiger partial charge in [0.1, 0.15) is 0 Å². The fourth-order valence-electron chi connectivity index (χ4n) is 4.96. The molecule has 0 spiro atoms. The van der Waals surface area contributed by atoms with E-state index in [1.54, 1.807) is 0 Å². The van der Waals surface area contributed by atoms with Gasteiger partial charge < -0.3 is 20.5 Å². The van der Waals surface area contributed by atoms with Gasteiger partial charge in [0, 0.05) is 39.3 Å². The standard InChI is InChI=1S/C25H42N4O2.HI/c1-3-26-24(28-20-25(12-14-30)10-5-4-6-11-25)27-17-22-8-7-9-23(16-22)19-29-13-15-31-21(2)18-29;/h7-9,16,21,30H,3-6,10-15,17-20H2,1-2H3,(H2,26,27,28);1H. The molecule has 32 heavy (non-hydrogen) atoms. The first kappa shape index (κ1) is 27.3. The number of aliphatic imine (C=N–C) groups is 1. The molecule has 1 saturated carbocycles. The minimum absolute atomic E-state index is 0. The summed E-state index contributed by atoms with van der Waals surface area (Å²) in [6.45, 7) is 10.7. The maximum Gasteiger partial charge on any atom is 0.191 e. The van der Waals surface area contributed by atoms with Crippen LogP contribution < -0.4 is 10.6 Å². The number of ether oxygens (including phenoxy) is 1. The van der Waals surface area contributed by atoms with Gasteiger partial charge in [-0.25, -0.2) is 4.99 Å². The van der Waals surface area contributed by atoms with Crippen molar-refractivity contribution in [3.8, 4) is 0 Å². The summed E-state index contributed by atoms with van der Waals surface area (Å²) in [5.74, 6) is 0.873. The summed E-state index contributed by atoms with van der Waals surface area (Å²) in [4.78, 5) is 7.32. The monoisotopic (exact) mass is 558 g/mol. The number of aliphatic hydroxyl groups is 1. The molecule has 3 N–H and O–H groups in total. The summed E-state index contributed by atoms with van der Waals surface area (Å²) in [6.07, 6.45) is 7.44. The lowest BCUT2D eigenvalue weighted by molar-refractivity contribution is -0.0212. The lowest BCUT2D eigenvalue weighted by Crippen LogP contribution is -2.44. The maximum atomic E-state index is 9.58. The van der Waals surface area contributed by atoms with Gasteiger partial charge in [-0.1, -0.05) is 43.5 Å². The number of nitrogens with one attached hydrogen (secondary N) is 2. The highest BCUT2D eigenvalue weighted by Crippen LogP contribution is 2.38. The highest BCUT2D eigenvalue weighted by atomic mass is 127. The molecular weight excluding hydrogens is 515 g/mol. The number of rotatable bonds is 9. The summed E-state index contributed by atoms with van der Waals surface area (Å²) in [5.41, 5.74) is 2.78. The first-order chi connectivity index (χ1) is 15.1. The summed E-state index contributed by atoms with van der Waals surface area (Å²) in [5, 5.41) is 16.5. The first-order valence-electron chi connectivity index (χ1n) is 12.2. The Morgan fingerprint density at radius 2 is 2.00 bits per heavy atom. The smallest absolute Gasteiger partial charge is 0.191 e. The second-order valence-corrected chi connectivity index (χ2v) is 9.32. The molecule has 0 aromatic heterocycles. The Bertz CT molecular complexity index is 689. The van der Waals surface area contributed by atoms with E-state index < -0.39 is 0 Å². The van der Waals surface area contributed by atoms with Crippen molar-refractivity contribution in [1.29, 1.82) is 0 Å². The van der Waals surface area contributed by atoms with Gasteiger partial charge in [-0.2, -0.15) is 0 Å². The molecule has 1 saturated heterocycles. The number of benzene rings is 1. The second-order valence-electron chi connectivity index (χ2n) is 9.32. The number of halogens is 1. The van der Waals surface area contributed by atoms with E-state index in [-0.39, 0.29) is 36.0 Å². The summed E-state index contributed by atoms with van der Waals surface area (Å²) < 4.78 is 5.66. The SMILES string of the molecule is CCNC(=NCc1cccc(CN2CCOC(C)C2)c1)NCC1(CCO)CCCCC1.I. The molecule has 1 atom stereocenters. The van der Waals surface area contributed by atoms with E-state index in [0.29, 0.717) is 12.6 Å². The number of hydrogen-bond acceptors (Lipinski definition) is 4. The van der Waals surface area contributed by atoms with E-state index in [9.17, 15) is 5.11 Å². The molecule has 6 nitrogen and oxygen atoms in total. The van der Waals surface area contributed by atoms with Crippen molar-refractivity contribution >= 4 is 29.9 Å². The Balaban J connectivity index is 0.00000363. The van der Waals surface area contributed by atoms with Crippen molar-refractivity contribution in [2.24, 2.45) is 10.4 Å². The normalized spacial score (nSPS) is 21.6. The van der Waals surface area contributed by atoms with Crippen LogP contribution in [-0.4, -0.2) is 61.5 Å². The van der Waals surface area contributed by atoms with Crippen LogP contribution in [0, 0.1) is 5.41 Å². The molecule has 7 heteroatoms. The van der Waals surface area contributed by atoms with Gasteiger partial charge in [-0.15, -0.1) is 24.0 Å². The predicted molar refractivity (Wildman–Crippen MR) is 143 cm³/mol. The van der Waals surface area contributed by atoms with Gasteiger partial charge in [0.15, 0.2) is 5.96 Å². The highest BCUT2D eigenvalue weighted by molar-refractivity contribution is 14.0. The van der Waals surface area contributed by atoms with Crippen LogP contribution in [0.15, 0.2) is 29.3 Å². The number of hydrogen-bond donors (Lipinski definition) is 3. The number of nitrogens with zero attached hydrogens (tertiary/aromatic N) is 2. The minimum atomic E-state index is 0. The number of aliphatic hydroxyl groups excluding tert-OH is 1. The Morgan fingerprint density at radius 1 is 1.22 bits per heavy atom. The molecular formula is C25H43IN4O2. The molecule has 2 fully saturated rings. The molecule has 1 heterocycles. The molecule has 0 amide bonds. The summed E-state index contributed by atoms with van der Waals surface area (Å²) in [7, 11) is 0.